The summed E-state index contributed by atoms with van der Waals surface area (Å²) in [6.07, 6.45) is 3.96. The fraction of sp³-hybridized carbons (Fsp3) is 0.227. The summed E-state index contributed by atoms with van der Waals surface area (Å²) in [5.74, 6) is 2.32. The molecule has 3 aromatic rings. The summed E-state index contributed by atoms with van der Waals surface area (Å²) >= 11 is 0. The summed E-state index contributed by atoms with van der Waals surface area (Å²) in [5, 5.41) is 9.99. The van der Waals surface area contributed by atoms with Crippen LogP contribution in [0.1, 0.15) is 26.3 Å². The average molecular weight is 367 g/mol. The SMILES string of the molecule is C=CC.CC.CP/C=C/Cn1c2ccccc2c2cc(C(=N)N)ccc21. The molecule has 0 bridgehead atoms. The molecular weight excluding hydrogens is 337 g/mol. The molecular formula is C22H30N3P. The highest BCUT2D eigenvalue weighted by atomic mass is 31.1. The molecule has 4 heteroatoms. The zero-order valence-electron chi connectivity index (χ0n) is 16.2. The van der Waals surface area contributed by atoms with Crippen molar-refractivity contribution in [2.24, 2.45) is 5.73 Å². The fourth-order valence-electron chi connectivity index (χ4n) is 2.69. The van der Waals surface area contributed by atoms with Crippen LogP contribution in [0.15, 0.2) is 67.0 Å². The molecule has 0 radical (unpaired) electrons. The van der Waals surface area contributed by atoms with Gasteiger partial charge in [0.15, 0.2) is 0 Å². The first kappa shape index (κ1) is 21.7. The van der Waals surface area contributed by atoms with Gasteiger partial charge in [0.1, 0.15) is 5.84 Å². The van der Waals surface area contributed by atoms with E-state index in [-0.39, 0.29) is 5.84 Å². The van der Waals surface area contributed by atoms with E-state index < -0.39 is 0 Å². The van der Waals surface area contributed by atoms with Crippen LogP contribution in [0.5, 0.6) is 0 Å². The lowest BCUT2D eigenvalue weighted by molar-refractivity contribution is 0.900. The molecule has 0 aliphatic rings. The van der Waals surface area contributed by atoms with Crippen LogP contribution >= 0.6 is 8.58 Å². The molecule has 0 amide bonds. The van der Waals surface area contributed by atoms with Gasteiger partial charge in [0.25, 0.3) is 0 Å². The van der Waals surface area contributed by atoms with Crippen LogP contribution in [0.3, 0.4) is 0 Å². The third kappa shape index (κ3) is 5.06. The van der Waals surface area contributed by atoms with E-state index in [1.807, 2.05) is 32.9 Å². The third-order valence-corrected chi connectivity index (χ3v) is 4.22. The Morgan fingerprint density at radius 3 is 2.38 bits per heavy atom. The second kappa shape index (κ2) is 11.3. The van der Waals surface area contributed by atoms with Crippen molar-refractivity contribution < 1.29 is 0 Å². The smallest absolute Gasteiger partial charge is 0.122 e. The first-order valence-corrected chi connectivity index (χ1v) is 10.5. The second-order valence-electron chi connectivity index (χ2n) is 5.37. The summed E-state index contributed by atoms with van der Waals surface area (Å²) in [7, 11) is 0.829. The minimum absolute atomic E-state index is 0.112. The monoisotopic (exact) mass is 367 g/mol. The van der Waals surface area contributed by atoms with Crippen LogP contribution < -0.4 is 5.73 Å². The van der Waals surface area contributed by atoms with Gasteiger partial charge >= 0.3 is 0 Å². The molecule has 26 heavy (non-hydrogen) atoms. The van der Waals surface area contributed by atoms with Gasteiger partial charge in [-0.2, -0.15) is 0 Å². The van der Waals surface area contributed by atoms with E-state index in [4.69, 9.17) is 11.1 Å². The fourth-order valence-corrected chi connectivity index (χ4v) is 3.03. The summed E-state index contributed by atoms with van der Waals surface area (Å²) in [5.41, 5.74) is 8.80. The summed E-state index contributed by atoms with van der Waals surface area (Å²) in [6.45, 7) is 12.3. The normalized spacial score (nSPS) is 10.6. The Labute approximate surface area is 158 Å². The summed E-state index contributed by atoms with van der Waals surface area (Å²) in [4.78, 5) is 0. The number of aromatic nitrogens is 1. The molecule has 0 fully saturated rings. The Kier molecular flexibility index (Phi) is 9.40. The van der Waals surface area contributed by atoms with E-state index in [0.717, 1.165) is 26.1 Å². The lowest BCUT2D eigenvalue weighted by atomic mass is 10.1. The Hall–Kier alpha value is -2.38. The van der Waals surface area contributed by atoms with Gasteiger partial charge in [0.2, 0.25) is 0 Å². The molecule has 0 saturated carbocycles. The topological polar surface area (TPSA) is 54.8 Å². The van der Waals surface area contributed by atoms with Crippen molar-refractivity contribution in [1.82, 2.24) is 4.57 Å². The Balaban J connectivity index is 0.000000615. The maximum absolute atomic E-state index is 7.62. The van der Waals surface area contributed by atoms with Gasteiger partial charge in [-0.1, -0.05) is 50.0 Å². The highest BCUT2D eigenvalue weighted by molar-refractivity contribution is 7.40. The Morgan fingerprint density at radius 1 is 1.15 bits per heavy atom. The third-order valence-electron chi connectivity index (χ3n) is 3.66. The molecule has 0 aliphatic heterocycles. The highest BCUT2D eigenvalue weighted by Crippen LogP contribution is 2.29. The number of nitrogens with one attached hydrogen (secondary N) is 1. The van der Waals surface area contributed by atoms with Crippen molar-refractivity contribution >= 4 is 36.2 Å². The summed E-state index contributed by atoms with van der Waals surface area (Å²) in [6, 6.07) is 14.4. The van der Waals surface area contributed by atoms with Crippen LogP contribution in [0.2, 0.25) is 0 Å². The number of fused-ring (bicyclic) bond motifs is 3. The van der Waals surface area contributed by atoms with E-state index in [9.17, 15) is 0 Å². The van der Waals surface area contributed by atoms with E-state index in [2.05, 4.69) is 60.0 Å². The number of amidine groups is 1. The number of nitrogens with two attached hydrogens (primary N) is 1. The van der Waals surface area contributed by atoms with Crippen molar-refractivity contribution in [2.45, 2.75) is 27.3 Å². The number of hydrogen-bond acceptors (Lipinski definition) is 1. The molecule has 3 rings (SSSR count). The van der Waals surface area contributed by atoms with Gasteiger partial charge in [0.05, 0.1) is 0 Å². The van der Waals surface area contributed by atoms with E-state index in [0.29, 0.717) is 0 Å². The van der Waals surface area contributed by atoms with Gasteiger partial charge in [-0.3, -0.25) is 5.41 Å². The molecule has 138 valence electrons. The molecule has 2 aromatic carbocycles. The van der Waals surface area contributed by atoms with Crippen molar-refractivity contribution in [3.8, 4) is 0 Å². The van der Waals surface area contributed by atoms with Gasteiger partial charge in [0, 0.05) is 33.9 Å². The minimum atomic E-state index is 0.112. The largest absolute Gasteiger partial charge is 0.384 e. The maximum atomic E-state index is 7.62. The zero-order chi connectivity index (χ0) is 19.5. The van der Waals surface area contributed by atoms with Crippen LogP contribution in [0, 0.1) is 5.41 Å². The molecule has 0 saturated heterocycles. The molecule has 0 aliphatic carbocycles. The number of hydrogen-bond donors (Lipinski definition) is 2. The van der Waals surface area contributed by atoms with Crippen LogP contribution in [0.25, 0.3) is 21.8 Å². The summed E-state index contributed by atoms with van der Waals surface area (Å²) < 4.78 is 2.31. The van der Waals surface area contributed by atoms with Crippen molar-refractivity contribution in [1.29, 1.82) is 5.41 Å². The van der Waals surface area contributed by atoms with Gasteiger partial charge in [-0.05, 0) is 37.9 Å². The number of nitrogen functional groups attached to an aromatic ring is 1. The minimum Gasteiger partial charge on any atom is -0.384 e. The molecule has 1 heterocycles. The van der Waals surface area contributed by atoms with Gasteiger partial charge < -0.3 is 10.3 Å². The highest BCUT2D eigenvalue weighted by Gasteiger charge is 2.10. The predicted molar refractivity (Wildman–Crippen MR) is 121 cm³/mol. The lowest BCUT2D eigenvalue weighted by Gasteiger charge is -2.04. The standard InChI is InChI=1S/C17H18N3P.C3H6.C2H6/c1-21-10-4-9-20-15-6-3-2-5-13(15)14-11-12(17(18)19)7-8-16(14)20;1-3-2;1-2/h2-8,10-11,21H,9H2,1H3,(H3,18,19);3H,1H2,2H3;1-2H3/b10-4+;;. The van der Waals surface area contributed by atoms with Gasteiger partial charge in [-0.15, -0.1) is 15.2 Å². The lowest BCUT2D eigenvalue weighted by Crippen LogP contribution is -2.10. The van der Waals surface area contributed by atoms with Crippen LogP contribution in [0.4, 0.5) is 0 Å². The number of benzene rings is 2. The Morgan fingerprint density at radius 2 is 1.77 bits per heavy atom. The number of para-hydroxylation sites is 1. The Bertz CT molecular complexity index is 891. The van der Waals surface area contributed by atoms with E-state index in [1.165, 1.54) is 16.4 Å². The molecule has 1 aromatic heterocycles. The predicted octanol–water partition coefficient (Wildman–Crippen LogP) is 6.12. The van der Waals surface area contributed by atoms with Crippen LogP contribution in [-0.4, -0.2) is 17.1 Å². The second-order valence-corrected chi connectivity index (χ2v) is 6.28. The molecule has 3 nitrogen and oxygen atoms in total. The quantitative estimate of drug-likeness (QED) is 0.248. The van der Waals surface area contributed by atoms with E-state index in [1.54, 1.807) is 6.08 Å². The van der Waals surface area contributed by atoms with Gasteiger partial charge in [-0.25, -0.2) is 0 Å². The van der Waals surface area contributed by atoms with Crippen molar-refractivity contribution in [2.75, 3.05) is 6.66 Å². The van der Waals surface area contributed by atoms with Crippen molar-refractivity contribution in [3.63, 3.8) is 0 Å². The molecule has 1 atom stereocenters. The molecule has 1 unspecified atom stereocenters. The van der Waals surface area contributed by atoms with E-state index >= 15 is 0 Å². The first-order valence-electron chi connectivity index (χ1n) is 8.88. The first-order chi connectivity index (χ1) is 12.6. The van der Waals surface area contributed by atoms with Crippen molar-refractivity contribution in [3.05, 3.63) is 72.6 Å². The average Bonchev–Trinajstić information content (AvgIpc) is 2.98. The van der Waals surface area contributed by atoms with Crippen LogP contribution in [-0.2, 0) is 6.54 Å². The maximum Gasteiger partial charge on any atom is 0.122 e. The number of nitrogens with zero attached hydrogens (tertiary/aromatic N) is 1. The molecule has 3 N–H and O–H groups in total. The molecule has 0 spiro atoms. The zero-order valence-corrected chi connectivity index (χ0v) is 17.2. The number of allylic oxidation sites excluding steroid dienone is 2. The number of rotatable bonds is 4.